The van der Waals surface area contributed by atoms with Crippen LogP contribution >= 0.6 is 27.7 Å². The number of rotatable bonds is 3. The standard InChI is InChI=1S/C15H13BrFNO2S2/c16-10-4-6-11(7-5-10)22(19,20)18-14-8-9-21-15-12(14)2-1-3-13(15)17/h1-7,14,18H,8-9H2/t14-/m0/s1. The second-order valence-electron chi connectivity index (χ2n) is 4.92. The van der Waals surface area contributed by atoms with Gasteiger partial charge in [-0.1, -0.05) is 28.1 Å². The Morgan fingerprint density at radius 2 is 1.91 bits per heavy atom. The van der Waals surface area contributed by atoms with Gasteiger partial charge in [-0.15, -0.1) is 11.8 Å². The Morgan fingerprint density at radius 3 is 2.64 bits per heavy atom. The summed E-state index contributed by atoms with van der Waals surface area (Å²) < 4.78 is 42.3. The minimum Gasteiger partial charge on any atom is -0.207 e. The Labute approximate surface area is 141 Å². The summed E-state index contributed by atoms with van der Waals surface area (Å²) in [5.74, 6) is 0.386. The minimum absolute atomic E-state index is 0.201. The molecule has 116 valence electrons. The third kappa shape index (κ3) is 3.22. The van der Waals surface area contributed by atoms with Crippen molar-refractivity contribution in [1.82, 2.24) is 4.72 Å². The number of fused-ring (bicyclic) bond motifs is 1. The van der Waals surface area contributed by atoms with Gasteiger partial charge in [0.15, 0.2) is 0 Å². The third-order valence-electron chi connectivity index (χ3n) is 3.45. The molecule has 1 heterocycles. The zero-order chi connectivity index (χ0) is 15.7. The van der Waals surface area contributed by atoms with Crippen LogP contribution in [0.4, 0.5) is 4.39 Å². The summed E-state index contributed by atoms with van der Waals surface area (Å²) in [5.41, 5.74) is 0.705. The molecule has 0 bridgehead atoms. The molecule has 3 rings (SSSR count). The molecule has 1 aliphatic heterocycles. The first kappa shape index (κ1) is 16.0. The summed E-state index contributed by atoms with van der Waals surface area (Å²) in [6, 6.07) is 10.8. The molecule has 0 aromatic heterocycles. The molecule has 22 heavy (non-hydrogen) atoms. The smallest absolute Gasteiger partial charge is 0.207 e. The predicted octanol–water partition coefficient (Wildman–Crippen LogP) is 4.10. The predicted molar refractivity (Wildman–Crippen MR) is 88.9 cm³/mol. The van der Waals surface area contributed by atoms with E-state index in [0.717, 1.165) is 4.47 Å². The summed E-state index contributed by atoms with van der Waals surface area (Å²) in [5, 5.41) is 0. The van der Waals surface area contributed by atoms with Crippen LogP contribution in [0.25, 0.3) is 0 Å². The molecule has 0 radical (unpaired) electrons. The Balaban J connectivity index is 1.91. The van der Waals surface area contributed by atoms with E-state index in [4.69, 9.17) is 0 Å². The van der Waals surface area contributed by atoms with E-state index in [1.54, 1.807) is 24.3 Å². The molecule has 2 aromatic rings. The molecule has 0 unspecified atom stereocenters. The molecule has 0 aliphatic carbocycles. The Hall–Kier alpha value is -0.890. The van der Waals surface area contributed by atoms with E-state index < -0.39 is 16.1 Å². The van der Waals surface area contributed by atoms with Crippen molar-refractivity contribution in [1.29, 1.82) is 0 Å². The quantitative estimate of drug-likeness (QED) is 0.841. The molecule has 3 nitrogen and oxygen atoms in total. The summed E-state index contributed by atoms with van der Waals surface area (Å²) in [4.78, 5) is 0.740. The maximum Gasteiger partial charge on any atom is 0.241 e. The number of halogens is 2. The van der Waals surface area contributed by atoms with Crippen molar-refractivity contribution in [3.63, 3.8) is 0 Å². The molecule has 1 atom stereocenters. The molecule has 1 N–H and O–H groups in total. The van der Waals surface area contributed by atoms with E-state index in [-0.39, 0.29) is 10.7 Å². The van der Waals surface area contributed by atoms with Gasteiger partial charge in [-0.25, -0.2) is 17.5 Å². The van der Waals surface area contributed by atoms with Gasteiger partial charge in [0.25, 0.3) is 0 Å². The van der Waals surface area contributed by atoms with Crippen molar-refractivity contribution >= 4 is 37.7 Å². The fourth-order valence-electron chi connectivity index (χ4n) is 2.38. The van der Waals surface area contributed by atoms with Crippen LogP contribution in [0.5, 0.6) is 0 Å². The van der Waals surface area contributed by atoms with Gasteiger partial charge in [0.2, 0.25) is 10.0 Å². The third-order valence-corrected chi connectivity index (χ3v) is 6.62. The average Bonchev–Trinajstić information content (AvgIpc) is 2.48. The molecule has 0 fully saturated rings. The summed E-state index contributed by atoms with van der Waals surface area (Å²) in [6.45, 7) is 0. The van der Waals surface area contributed by atoms with Gasteiger partial charge in [0.1, 0.15) is 5.82 Å². The maximum absolute atomic E-state index is 13.8. The van der Waals surface area contributed by atoms with Crippen molar-refractivity contribution in [2.75, 3.05) is 5.75 Å². The van der Waals surface area contributed by atoms with Gasteiger partial charge in [-0.2, -0.15) is 0 Å². The SMILES string of the molecule is O=S(=O)(N[C@H]1CCSc2c(F)cccc21)c1ccc(Br)cc1. The van der Waals surface area contributed by atoms with Gasteiger partial charge in [0, 0.05) is 15.4 Å². The van der Waals surface area contributed by atoms with E-state index in [2.05, 4.69) is 20.7 Å². The first-order valence-corrected chi connectivity index (χ1v) is 9.93. The number of sulfonamides is 1. The lowest BCUT2D eigenvalue weighted by Crippen LogP contribution is -2.31. The highest BCUT2D eigenvalue weighted by molar-refractivity contribution is 9.10. The van der Waals surface area contributed by atoms with Crippen LogP contribution in [0.15, 0.2) is 56.7 Å². The van der Waals surface area contributed by atoms with Crippen LogP contribution in [0.1, 0.15) is 18.0 Å². The number of thioether (sulfide) groups is 1. The average molecular weight is 402 g/mol. The normalized spacial score (nSPS) is 18.0. The van der Waals surface area contributed by atoms with E-state index in [1.807, 2.05) is 0 Å². The van der Waals surface area contributed by atoms with Gasteiger partial charge < -0.3 is 0 Å². The second-order valence-corrected chi connectivity index (χ2v) is 8.66. The summed E-state index contributed by atoms with van der Waals surface area (Å²) in [6.07, 6.45) is 0.636. The number of hydrogen-bond acceptors (Lipinski definition) is 3. The van der Waals surface area contributed by atoms with Crippen LogP contribution in [0.3, 0.4) is 0 Å². The highest BCUT2D eigenvalue weighted by Gasteiger charge is 2.27. The van der Waals surface area contributed by atoms with Crippen molar-refractivity contribution < 1.29 is 12.8 Å². The zero-order valence-corrected chi connectivity index (χ0v) is 14.6. The highest BCUT2D eigenvalue weighted by Crippen LogP contribution is 2.38. The highest BCUT2D eigenvalue weighted by atomic mass is 79.9. The number of benzene rings is 2. The van der Waals surface area contributed by atoms with E-state index in [0.29, 0.717) is 22.6 Å². The first-order chi connectivity index (χ1) is 10.5. The van der Waals surface area contributed by atoms with Crippen molar-refractivity contribution in [3.8, 4) is 0 Å². The molecule has 0 saturated carbocycles. The zero-order valence-electron chi connectivity index (χ0n) is 11.4. The Morgan fingerprint density at radius 1 is 1.18 bits per heavy atom. The van der Waals surface area contributed by atoms with E-state index in [9.17, 15) is 12.8 Å². The van der Waals surface area contributed by atoms with Crippen LogP contribution in [-0.4, -0.2) is 14.2 Å². The van der Waals surface area contributed by atoms with Crippen LogP contribution in [-0.2, 0) is 10.0 Å². The largest absolute Gasteiger partial charge is 0.241 e. The van der Waals surface area contributed by atoms with Gasteiger partial charge in [-0.3, -0.25) is 0 Å². The van der Waals surface area contributed by atoms with Crippen LogP contribution in [0, 0.1) is 5.82 Å². The second kappa shape index (κ2) is 6.31. The molecule has 0 amide bonds. The van der Waals surface area contributed by atoms with Crippen molar-refractivity contribution in [2.24, 2.45) is 0 Å². The van der Waals surface area contributed by atoms with Crippen LogP contribution < -0.4 is 4.72 Å². The summed E-state index contributed by atoms with van der Waals surface area (Å²) in [7, 11) is -3.63. The molecule has 0 spiro atoms. The Bertz CT molecular complexity index is 794. The lowest BCUT2D eigenvalue weighted by molar-refractivity contribution is 0.533. The van der Waals surface area contributed by atoms with Gasteiger partial charge >= 0.3 is 0 Å². The maximum atomic E-state index is 13.8. The van der Waals surface area contributed by atoms with Crippen LogP contribution in [0.2, 0.25) is 0 Å². The Kier molecular flexibility index (Phi) is 4.59. The molecule has 7 heteroatoms. The van der Waals surface area contributed by atoms with Gasteiger partial charge in [0.05, 0.1) is 4.90 Å². The fourth-order valence-corrected chi connectivity index (χ4v) is 5.03. The monoisotopic (exact) mass is 401 g/mol. The fraction of sp³-hybridized carbons (Fsp3) is 0.200. The molecule has 1 aliphatic rings. The molecular formula is C15H13BrFNO2S2. The topological polar surface area (TPSA) is 46.2 Å². The number of hydrogen-bond donors (Lipinski definition) is 1. The number of nitrogens with one attached hydrogen (secondary N) is 1. The van der Waals surface area contributed by atoms with Crippen molar-refractivity contribution in [3.05, 3.63) is 58.3 Å². The molecular weight excluding hydrogens is 389 g/mol. The minimum atomic E-state index is -3.63. The van der Waals surface area contributed by atoms with E-state index in [1.165, 1.54) is 30.0 Å². The van der Waals surface area contributed by atoms with Crippen molar-refractivity contribution in [2.45, 2.75) is 22.3 Å². The lowest BCUT2D eigenvalue weighted by Gasteiger charge is -2.26. The van der Waals surface area contributed by atoms with Gasteiger partial charge in [-0.05, 0) is 48.1 Å². The first-order valence-electron chi connectivity index (χ1n) is 6.66. The lowest BCUT2D eigenvalue weighted by atomic mass is 10.0. The molecule has 2 aromatic carbocycles. The summed E-state index contributed by atoms with van der Waals surface area (Å²) >= 11 is 4.71. The molecule has 0 saturated heterocycles. The van der Waals surface area contributed by atoms with E-state index >= 15 is 0 Å².